The fourth-order valence-corrected chi connectivity index (χ4v) is 4.51. The van der Waals surface area contributed by atoms with Crippen molar-refractivity contribution in [2.24, 2.45) is 0 Å². The normalized spacial score (nSPS) is 11.3. The molecule has 26 heavy (non-hydrogen) atoms. The highest BCUT2D eigenvalue weighted by Gasteiger charge is 2.19. The molecule has 0 aliphatic rings. The second-order valence-corrected chi connectivity index (χ2v) is 9.91. The molecule has 11 heteroatoms. The van der Waals surface area contributed by atoms with Crippen molar-refractivity contribution in [3.05, 3.63) is 45.0 Å². The van der Waals surface area contributed by atoms with Gasteiger partial charge in [0.15, 0.2) is 14.2 Å². The first-order chi connectivity index (χ1) is 12.2. The second-order valence-electron chi connectivity index (χ2n) is 5.29. The minimum atomic E-state index is -3.19. The van der Waals surface area contributed by atoms with Crippen molar-refractivity contribution >= 4 is 44.5 Å². The van der Waals surface area contributed by atoms with Crippen molar-refractivity contribution in [1.82, 2.24) is 10.3 Å². The number of amides is 1. The van der Waals surface area contributed by atoms with Gasteiger partial charge in [0.05, 0.1) is 15.6 Å². The molecular formula is C15H17N3O5S3. The van der Waals surface area contributed by atoms with E-state index in [0.29, 0.717) is 9.24 Å². The number of thiazole rings is 1. The van der Waals surface area contributed by atoms with Crippen LogP contribution in [0, 0.1) is 17.0 Å². The Balaban J connectivity index is 2.14. The molecule has 0 aliphatic carbocycles. The summed E-state index contributed by atoms with van der Waals surface area (Å²) in [6, 6.07) is 4.16. The number of nitrogens with one attached hydrogen (secondary N) is 1. The maximum absolute atomic E-state index is 12.1. The van der Waals surface area contributed by atoms with Gasteiger partial charge in [-0.3, -0.25) is 14.9 Å². The Labute approximate surface area is 159 Å². The quantitative estimate of drug-likeness (QED) is 0.520. The molecule has 0 radical (unpaired) electrons. The molecule has 1 heterocycles. The molecule has 2 rings (SSSR count). The number of carbonyl (C=O) groups is 1. The lowest BCUT2D eigenvalue weighted by molar-refractivity contribution is -0.387. The molecule has 0 fully saturated rings. The fraction of sp³-hybridized carbons (Fsp3) is 0.333. The molecule has 2 aromatic rings. The number of rotatable bonds is 8. The Hall–Kier alpha value is -1.98. The number of benzene rings is 1. The van der Waals surface area contributed by atoms with Crippen LogP contribution in [0.1, 0.15) is 23.0 Å². The first kappa shape index (κ1) is 20.3. The molecule has 1 aromatic carbocycles. The van der Waals surface area contributed by atoms with E-state index in [2.05, 4.69) is 10.3 Å². The standard InChI is InChI=1S/C15H17N3O5S3/c1-3-26(22,23)7-6-16-14(19)11-4-5-13(12(8-11)18(20)21)25-15-17-10(2)9-24-15/h4-5,8-9H,3,6-7H2,1-2H3,(H,16,19). The molecule has 0 saturated heterocycles. The summed E-state index contributed by atoms with van der Waals surface area (Å²) >= 11 is 2.55. The summed E-state index contributed by atoms with van der Waals surface area (Å²) in [6.45, 7) is 3.32. The van der Waals surface area contributed by atoms with E-state index >= 15 is 0 Å². The Morgan fingerprint density at radius 3 is 2.73 bits per heavy atom. The Morgan fingerprint density at radius 1 is 1.42 bits per heavy atom. The average Bonchev–Trinajstić information content (AvgIpc) is 2.99. The van der Waals surface area contributed by atoms with E-state index in [1.165, 1.54) is 36.5 Å². The number of nitro benzene ring substituents is 1. The monoisotopic (exact) mass is 415 g/mol. The summed E-state index contributed by atoms with van der Waals surface area (Å²) in [5, 5.41) is 15.7. The van der Waals surface area contributed by atoms with E-state index in [4.69, 9.17) is 0 Å². The first-order valence-corrected chi connectivity index (χ1v) is 11.1. The topological polar surface area (TPSA) is 119 Å². The van der Waals surface area contributed by atoms with Crippen LogP contribution < -0.4 is 5.32 Å². The van der Waals surface area contributed by atoms with Crippen molar-refractivity contribution in [3.8, 4) is 0 Å². The van der Waals surface area contributed by atoms with Crippen molar-refractivity contribution in [3.63, 3.8) is 0 Å². The summed E-state index contributed by atoms with van der Waals surface area (Å²) in [7, 11) is -3.19. The number of nitro groups is 1. The highest BCUT2D eigenvalue weighted by molar-refractivity contribution is 8.01. The third-order valence-corrected chi connectivity index (χ3v) is 7.18. The highest BCUT2D eigenvalue weighted by Crippen LogP contribution is 2.36. The van der Waals surface area contributed by atoms with Gasteiger partial charge in [0.1, 0.15) is 0 Å². The van der Waals surface area contributed by atoms with Crippen molar-refractivity contribution in [2.45, 2.75) is 23.1 Å². The van der Waals surface area contributed by atoms with Crippen LogP contribution in [0.15, 0.2) is 32.8 Å². The maximum Gasteiger partial charge on any atom is 0.284 e. The molecule has 1 amide bonds. The van der Waals surface area contributed by atoms with Gasteiger partial charge in [-0.1, -0.05) is 18.7 Å². The van der Waals surface area contributed by atoms with Crippen LogP contribution in [-0.4, -0.2) is 42.3 Å². The number of carbonyl (C=O) groups excluding carboxylic acids is 1. The van der Waals surface area contributed by atoms with Crippen LogP contribution in [0.25, 0.3) is 0 Å². The Bertz CT molecular complexity index is 924. The van der Waals surface area contributed by atoms with Gasteiger partial charge in [-0.25, -0.2) is 13.4 Å². The third-order valence-electron chi connectivity index (χ3n) is 3.35. The molecule has 0 atom stereocenters. The summed E-state index contributed by atoms with van der Waals surface area (Å²) in [4.78, 5) is 27.5. The number of nitrogens with zero attached hydrogens (tertiary/aromatic N) is 2. The first-order valence-electron chi connectivity index (χ1n) is 7.59. The minimum Gasteiger partial charge on any atom is -0.351 e. The molecule has 0 spiro atoms. The zero-order chi connectivity index (χ0) is 19.3. The molecule has 0 unspecified atom stereocenters. The van der Waals surface area contributed by atoms with Crippen molar-refractivity contribution < 1.29 is 18.1 Å². The van der Waals surface area contributed by atoms with Gasteiger partial charge in [0.25, 0.3) is 11.6 Å². The predicted molar refractivity (Wildman–Crippen MR) is 101 cm³/mol. The zero-order valence-corrected chi connectivity index (χ0v) is 16.5. The molecular weight excluding hydrogens is 398 g/mol. The van der Waals surface area contributed by atoms with Crippen LogP contribution >= 0.6 is 23.1 Å². The fourth-order valence-electron chi connectivity index (χ4n) is 1.93. The summed E-state index contributed by atoms with van der Waals surface area (Å²) in [5.41, 5.74) is 0.736. The largest absolute Gasteiger partial charge is 0.351 e. The van der Waals surface area contributed by atoms with Gasteiger partial charge in [0.2, 0.25) is 0 Å². The Morgan fingerprint density at radius 2 is 2.15 bits per heavy atom. The van der Waals surface area contributed by atoms with E-state index in [9.17, 15) is 23.3 Å². The molecule has 0 bridgehead atoms. The lowest BCUT2D eigenvalue weighted by Gasteiger charge is -2.07. The molecule has 8 nitrogen and oxygen atoms in total. The molecule has 0 aliphatic heterocycles. The molecule has 140 valence electrons. The van der Waals surface area contributed by atoms with Crippen molar-refractivity contribution in [1.29, 1.82) is 0 Å². The van der Waals surface area contributed by atoms with E-state index in [1.54, 1.807) is 0 Å². The van der Waals surface area contributed by atoms with Gasteiger partial charge in [0, 0.05) is 35.0 Å². The molecule has 1 aromatic heterocycles. The summed E-state index contributed by atoms with van der Waals surface area (Å²) < 4.78 is 23.5. The smallest absolute Gasteiger partial charge is 0.284 e. The number of hydrogen-bond donors (Lipinski definition) is 1. The van der Waals surface area contributed by atoms with Gasteiger partial charge in [-0.05, 0) is 19.1 Å². The molecule has 0 saturated carbocycles. The lowest BCUT2D eigenvalue weighted by Crippen LogP contribution is -2.29. The van der Waals surface area contributed by atoms with Gasteiger partial charge >= 0.3 is 0 Å². The highest BCUT2D eigenvalue weighted by atomic mass is 32.2. The lowest BCUT2D eigenvalue weighted by atomic mass is 10.2. The minimum absolute atomic E-state index is 0.00348. The number of aromatic nitrogens is 1. The van der Waals surface area contributed by atoms with Crippen LogP contribution in [0.3, 0.4) is 0 Å². The van der Waals surface area contributed by atoms with Crippen LogP contribution in [0.4, 0.5) is 5.69 Å². The Kier molecular flexibility index (Phi) is 6.73. The maximum atomic E-state index is 12.1. The van der Waals surface area contributed by atoms with Gasteiger partial charge in [-0.15, -0.1) is 11.3 Å². The molecule has 1 N–H and O–H groups in total. The SMILES string of the molecule is CCS(=O)(=O)CCNC(=O)c1ccc(Sc2nc(C)cs2)c([N+](=O)[O-])c1. The average molecular weight is 416 g/mol. The van der Waals surface area contributed by atoms with Crippen molar-refractivity contribution in [2.75, 3.05) is 18.1 Å². The second kappa shape index (κ2) is 8.60. The van der Waals surface area contributed by atoms with E-state index in [-0.39, 0.29) is 29.3 Å². The zero-order valence-electron chi connectivity index (χ0n) is 14.1. The predicted octanol–water partition coefficient (Wildman–Crippen LogP) is 2.68. The summed E-state index contributed by atoms with van der Waals surface area (Å²) in [6.07, 6.45) is 0. The summed E-state index contributed by atoms with van der Waals surface area (Å²) in [5.74, 6) is -0.730. The van der Waals surface area contributed by atoms with E-state index < -0.39 is 20.7 Å². The van der Waals surface area contributed by atoms with E-state index in [0.717, 1.165) is 17.5 Å². The van der Waals surface area contributed by atoms with Gasteiger partial charge in [-0.2, -0.15) is 0 Å². The van der Waals surface area contributed by atoms with Crippen LogP contribution in [-0.2, 0) is 9.84 Å². The third kappa shape index (κ3) is 5.51. The number of hydrogen-bond acceptors (Lipinski definition) is 8. The van der Waals surface area contributed by atoms with Gasteiger partial charge < -0.3 is 5.32 Å². The van der Waals surface area contributed by atoms with Crippen LogP contribution in [0.5, 0.6) is 0 Å². The number of aryl methyl sites for hydroxylation is 1. The number of sulfone groups is 1. The van der Waals surface area contributed by atoms with Crippen LogP contribution in [0.2, 0.25) is 0 Å². The van der Waals surface area contributed by atoms with E-state index in [1.807, 2.05) is 12.3 Å².